The number of amides is 2. The number of nitrogens with zero attached hydrogens (tertiary/aromatic N) is 2. The van der Waals surface area contributed by atoms with Gasteiger partial charge in [0.05, 0.1) is 34.4 Å². The van der Waals surface area contributed by atoms with Crippen molar-refractivity contribution in [3.8, 4) is 11.4 Å². The highest BCUT2D eigenvalue weighted by Gasteiger charge is 2.45. The Morgan fingerprint density at radius 3 is 2.82 bits per heavy atom. The second-order valence-electron chi connectivity index (χ2n) is 9.51. The summed E-state index contributed by atoms with van der Waals surface area (Å²) in [7, 11) is 0. The molecule has 33 heavy (non-hydrogen) atoms. The minimum absolute atomic E-state index is 0.0204. The maximum atomic E-state index is 13.6. The highest BCUT2D eigenvalue weighted by molar-refractivity contribution is 6.15. The maximum Gasteiger partial charge on any atom is 0.241 e. The Balaban J connectivity index is 1.55. The Kier molecular flexibility index (Phi) is 4.08. The molecule has 0 saturated carbocycles. The summed E-state index contributed by atoms with van der Waals surface area (Å²) in [5.41, 5.74) is 8.33. The van der Waals surface area contributed by atoms with E-state index >= 15 is 0 Å². The molecule has 0 unspecified atom stereocenters. The predicted molar refractivity (Wildman–Crippen MR) is 129 cm³/mol. The average molecular weight is 440 g/mol. The van der Waals surface area contributed by atoms with Crippen molar-refractivity contribution >= 4 is 39.8 Å². The highest BCUT2D eigenvalue weighted by atomic mass is 16.2. The van der Waals surface area contributed by atoms with Crippen LogP contribution in [0.25, 0.3) is 22.3 Å². The quantitative estimate of drug-likeness (QED) is 0.412. The number of benzene rings is 2. The van der Waals surface area contributed by atoms with Crippen LogP contribution in [0.15, 0.2) is 42.6 Å². The summed E-state index contributed by atoms with van der Waals surface area (Å²) in [6.45, 7) is 5.42. The molecule has 0 fully saturated rings. The molecule has 0 spiro atoms. The lowest BCUT2D eigenvalue weighted by Gasteiger charge is -2.21. The Hall–Kier alpha value is -3.87. The first kappa shape index (κ1) is 19.8. The lowest BCUT2D eigenvalue weighted by Crippen LogP contribution is -2.33. The summed E-state index contributed by atoms with van der Waals surface area (Å²) in [6.07, 6.45) is 4.93. The van der Waals surface area contributed by atoms with Crippen LogP contribution < -0.4 is 10.2 Å². The number of anilines is 3. The van der Waals surface area contributed by atoms with E-state index in [2.05, 4.69) is 32.6 Å². The van der Waals surface area contributed by atoms with Gasteiger partial charge < -0.3 is 10.3 Å². The Bertz CT molecular complexity index is 1460. The van der Waals surface area contributed by atoms with E-state index in [1.54, 1.807) is 4.90 Å². The van der Waals surface area contributed by atoms with E-state index in [9.17, 15) is 9.59 Å². The first-order valence-corrected chi connectivity index (χ1v) is 11.3. The van der Waals surface area contributed by atoms with Crippen LogP contribution in [0, 0.1) is 0 Å². The van der Waals surface area contributed by atoms with Crippen molar-refractivity contribution in [2.75, 3.05) is 10.2 Å². The molecule has 2 aromatic heterocycles. The number of hydrogen-bond acceptors (Lipinski definition) is 3. The molecule has 2 aromatic carbocycles. The van der Waals surface area contributed by atoms with Gasteiger partial charge in [0.25, 0.3) is 0 Å². The normalized spacial score (nSPS) is 16.3. The minimum Gasteiger partial charge on any atom is -0.353 e. The number of nitrogens with one attached hydrogen (secondary N) is 3. The van der Waals surface area contributed by atoms with Crippen molar-refractivity contribution in [3.63, 3.8) is 0 Å². The van der Waals surface area contributed by atoms with E-state index in [-0.39, 0.29) is 11.8 Å². The van der Waals surface area contributed by atoms with Crippen LogP contribution in [-0.4, -0.2) is 27.0 Å². The molecule has 6 rings (SSSR count). The van der Waals surface area contributed by atoms with E-state index in [1.165, 1.54) is 18.1 Å². The molecule has 2 aliphatic rings. The summed E-state index contributed by atoms with van der Waals surface area (Å²) < 4.78 is 0. The van der Waals surface area contributed by atoms with Crippen LogP contribution >= 0.6 is 0 Å². The maximum absolute atomic E-state index is 13.6. The van der Waals surface area contributed by atoms with Crippen molar-refractivity contribution in [2.45, 2.75) is 45.4 Å². The van der Waals surface area contributed by atoms with Crippen molar-refractivity contribution in [2.24, 2.45) is 0 Å². The van der Waals surface area contributed by atoms with Gasteiger partial charge in [-0.1, -0.05) is 6.07 Å². The number of hydrogen-bond donors (Lipinski definition) is 3. The van der Waals surface area contributed by atoms with Gasteiger partial charge in [0.2, 0.25) is 11.8 Å². The molecule has 7 nitrogen and oxygen atoms in total. The van der Waals surface area contributed by atoms with E-state index in [0.29, 0.717) is 5.69 Å². The van der Waals surface area contributed by atoms with Crippen molar-refractivity contribution in [1.82, 2.24) is 15.2 Å². The molecule has 0 radical (unpaired) electrons. The Morgan fingerprint density at radius 2 is 2.00 bits per heavy atom. The van der Waals surface area contributed by atoms with Gasteiger partial charge in [0.1, 0.15) is 0 Å². The standard InChI is InChI=1S/C26H25N5O2/c1-14(32)28-16-7-5-8-17(10-16)31-22-11-19-18-9-4-6-15-13-27-30-23(15)24(18)29-21(19)12-20(22)26(2,3)25(31)33/h5,7-8,10-13,29H,4,6,9H2,1-3H3,(H,27,30)(H,28,32). The zero-order valence-corrected chi connectivity index (χ0v) is 18.9. The first-order valence-electron chi connectivity index (χ1n) is 11.3. The Morgan fingerprint density at radius 1 is 1.15 bits per heavy atom. The van der Waals surface area contributed by atoms with Crippen LogP contribution in [0.5, 0.6) is 0 Å². The lowest BCUT2D eigenvalue weighted by molar-refractivity contribution is -0.121. The van der Waals surface area contributed by atoms with E-state index in [0.717, 1.165) is 58.5 Å². The third kappa shape index (κ3) is 2.85. The van der Waals surface area contributed by atoms with Gasteiger partial charge in [-0.15, -0.1) is 0 Å². The second-order valence-corrected chi connectivity index (χ2v) is 9.51. The largest absolute Gasteiger partial charge is 0.353 e. The van der Waals surface area contributed by atoms with Gasteiger partial charge in [0, 0.05) is 23.5 Å². The summed E-state index contributed by atoms with van der Waals surface area (Å²) in [5, 5.41) is 11.4. The van der Waals surface area contributed by atoms with Gasteiger partial charge in [-0.25, -0.2) is 0 Å². The van der Waals surface area contributed by atoms with Crippen molar-refractivity contribution < 1.29 is 9.59 Å². The molecular formula is C26H25N5O2. The molecule has 2 amide bonds. The average Bonchev–Trinajstić information content (AvgIpc) is 3.38. The Labute approximate surface area is 191 Å². The molecule has 3 N–H and O–H groups in total. The van der Waals surface area contributed by atoms with Crippen LogP contribution in [-0.2, 0) is 27.8 Å². The number of aromatic amines is 2. The number of H-pyrrole nitrogens is 2. The molecule has 0 atom stereocenters. The minimum atomic E-state index is -0.671. The zero-order valence-electron chi connectivity index (χ0n) is 18.9. The van der Waals surface area contributed by atoms with Gasteiger partial charge in [0.15, 0.2) is 0 Å². The summed E-state index contributed by atoms with van der Waals surface area (Å²) in [5.74, 6) is -0.123. The van der Waals surface area contributed by atoms with Gasteiger partial charge in [-0.05, 0) is 80.1 Å². The third-order valence-electron chi connectivity index (χ3n) is 6.94. The first-order chi connectivity index (χ1) is 15.8. The van der Waals surface area contributed by atoms with Crippen molar-refractivity contribution in [3.05, 3.63) is 59.3 Å². The lowest BCUT2D eigenvalue weighted by atomic mass is 9.85. The number of carbonyl (C=O) groups is 2. The second kappa shape index (κ2) is 6.81. The molecular weight excluding hydrogens is 414 g/mol. The number of aromatic nitrogens is 3. The number of fused-ring (bicyclic) bond motifs is 6. The molecule has 0 bridgehead atoms. The van der Waals surface area contributed by atoms with Crippen LogP contribution in [0.1, 0.15) is 43.9 Å². The van der Waals surface area contributed by atoms with Gasteiger partial charge >= 0.3 is 0 Å². The third-order valence-corrected chi connectivity index (χ3v) is 6.94. The van der Waals surface area contributed by atoms with E-state index in [4.69, 9.17) is 0 Å². The summed E-state index contributed by atoms with van der Waals surface area (Å²) in [4.78, 5) is 30.6. The molecule has 3 heterocycles. The van der Waals surface area contributed by atoms with Crippen LogP contribution in [0.4, 0.5) is 17.1 Å². The predicted octanol–water partition coefficient (Wildman–Crippen LogP) is 4.96. The molecule has 4 aromatic rings. The fraction of sp³-hybridized carbons (Fsp3) is 0.269. The van der Waals surface area contributed by atoms with Gasteiger partial charge in [-0.2, -0.15) is 5.10 Å². The van der Waals surface area contributed by atoms with E-state index in [1.807, 2.05) is 44.3 Å². The summed E-state index contributed by atoms with van der Waals surface area (Å²) in [6, 6.07) is 11.7. The molecule has 1 aliphatic heterocycles. The molecule has 0 saturated heterocycles. The number of rotatable bonds is 2. The van der Waals surface area contributed by atoms with Gasteiger partial charge in [-0.3, -0.25) is 19.6 Å². The van der Waals surface area contributed by atoms with Crippen LogP contribution in [0.2, 0.25) is 0 Å². The fourth-order valence-corrected chi connectivity index (χ4v) is 5.30. The number of carbonyl (C=O) groups excluding carboxylic acids is 2. The highest BCUT2D eigenvalue weighted by Crippen LogP contribution is 2.48. The monoisotopic (exact) mass is 439 g/mol. The summed E-state index contributed by atoms with van der Waals surface area (Å²) >= 11 is 0. The van der Waals surface area contributed by atoms with Crippen molar-refractivity contribution in [1.29, 1.82) is 0 Å². The zero-order chi connectivity index (χ0) is 22.9. The topological polar surface area (TPSA) is 93.9 Å². The smallest absolute Gasteiger partial charge is 0.241 e. The molecule has 7 heteroatoms. The SMILES string of the molecule is CC(=O)Nc1cccc(N2C(=O)C(C)(C)c3cc4[nH]c5c(c4cc32)CCCc2cn[nH]c2-5)c1. The fourth-order valence-electron chi connectivity index (χ4n) is 5.30. The molecule has 1 aliphatic carbocycles. The molecule has 166 valence electrons. The number of aryl methyl sites for hydroxylation is 2. The van der Waals surface area contributed by atoms with Crippen LogP contribution in [0.3, 0.4) is 0 Å². The van der Waals surface area contributed by atoms with E-state index < -0.39 is 5.41 Å².